The molecule has 0 radical (unpaired) electrons. The van der Waals surface area contributed by atoms with E-state index in [0.29, 0.717) is 29.8 Å². The lowest BCUT2D eigenvalue weighted by molar-refractivity contribution is -0.139. The van der Waals surface area contributed by atoms with Crippen LogP contribution < -0.4 is 10.5 Å². The molecule has 0 spiro atoms. The lowest BCUT2D eigenvalue weighted by atomic mass is 9.94. The van der Waals surface area contributed by atoms with Crippen LogP contribution in [0.3, 0.4) is 0 Å². The standard InChI is InChI=1S/C25H20F5N3O4/c1-3-13-9-20(36-11-21-32-24(35)37-33-21)22(27)12(2)16(13)10-15-5-7-19(34)23(31-15)14-4-6-18(26)17(8-14)25(28,29)30/h4-9,34H,3,10-11H2,1-2H3,(H,32,33,35). The van der Waals surface area contributed by atoms with Gasteiger partial charge in [-0.25, -0.2) is 18.6 Å². The third-order valence-electron chi connectivity index (χ3n) is 5.76. The summed E-state index contributed by atoms with van der Waals surface area (Å²) in [4.78, 5) is 17.6. The highest BCUT2D eigenvalue weighted by Crippen LogP contribution is 2.36. The van der Waals surface area contributed by atoms with Crippen LogP contribution >= 0.6 is 0 Å². The van der Waals surface area contributed by atoms with Gasteiger partial charge in [-0.2, -0.15) is 13.2 Å². The van der Waals surface area contributed by atoms with Gasteiger partial charge in [-0.1, -0.05) is 12.1 Å². The molecule has 12 heteroatoms. The SMILES string of the molecule is CCc1cc(OCc2noc(=O)[nH]2)c(F)c(C)c1Cc1ccc(O)c(-c2ccc(F)c(C(F)(F)F)c2)n1. The lowest BCUT2D eigenvalue weighted by Gasteiger charge is -2.17. The molecule has 2 N–H and O–H groups in total. The number of aromatic hydroxyl groups is 1. The molecule has 0 bridgehead atoms. The topological polar surface area (TPSA) is 101 Å². The number of nitrogens with one attached hydrogen (secondary N) is 1. The highest BCUT2D eigenvalue weighted by molar-refractivity contribution is 5.67. The van der Waals surface area contributed by atoms with Crippen molar-refractivity contribution in [3.8, 4) is 22.8 Å². The van der Waals surface area contributed by atoms with E-state index in [1.165, 1.54) is 18.2 Å². The van der Waals surface area contributed by atoms with Crippen molar-refractivity contribution in [2.45, 2.75) is 39.5 Å². The Morgan fingerprint density at radius 1 is 1.14 bits per heavy atom. The largest absolute Gasteiger partial charge is 0.506 e. The minimum absolute atomic E-state index is 0.0627. The van der Waals surface area contributed by atoms with E-state index in [2.05, 4.69) is 19.6 Å². The highest BCUT2D eigenvalue weighted by atomic mass is 19.4. The number of nitrogens with zero attached hydrogens (tertiary/aromatic N) is 2. The number of pyridine rings is 1. The second-order valence-corrected chi connectivity index (χ2v) is 8.17. The third-order valence-corrected chi connectivity index (χ3v) is 5.76. The minimum atomic E-state index is -4.93. The molecule has 0 aliphatic carbocycles. The fourth-order valence-electron chi connectivity index (χ4n) is 3.88. The van der Waals surface area contributed by atoms with Crippen molar-refractivity contribution < 1.29 is 36.3 Å². The van der Waals surface area contributed by atoms with Gasteiger partial charge in [-0.15, -0.1) is 0 Å². The van der Waals surface area contributed by atoms with Crippen LogP contribution in [-0.2, 0) is 25.6 Å². The predicted octanol–water partition coefficient (Wildman–Crippen LogP) is 5.47. The van der Waals surface area contributed by atoms with E-state index in [0.717, 1.165) is 11.6 Å². The Morgan fingerprint density at radius 2 is 1.89 bits per heavy atom. The van der Waals surface area contributed by atoms with Crippen LogP contribution in [0.1, 0.15) is 40.7 Å². The maximum Gasteiger partial charge on any atom is 0.439 e. The van der Waals surface area contributed by atoms with Crippen LogP contribution in [-0.4, -0.2) is 20.2 Å². The van der Waals surface area contributed by atoms with E-state index in [1.54, 1.807) is 6.92 Å². The fraction of sp³-hybridized carbons (Fsp3) is 0.240. The molecule has 4 rings (SSSR count). The Balaban J connectivity index is 1.67. The van der Waals surface area contributed by atoms with Crippen molar-refractivity contribution in [2.75, 3.05) is 0 Å². The average Bonchev–Trinajstić information content (AvgIpc) is 3.27. The summed E-state index contributed by atoms with van der Waals surface area (Å²) < 4.78 is 78.2. The number of aromatic amines is 1. The molecule has 0 saturated heterocycles. The quantitative estimate of drug-likeness (QED) is 0.313. The number of halogens is 5. The summed E-state index contributed by atoms with van der Waals surface area (Å²) in [6, 6.07) is 6.57. The molecule has 37 heavy (non-hydrogen) atoms. The van der Waals surface area contributed by atoms with Crippen molar-refractivity contribution in [2.24, 2.45) is 0 Å². The molecule has 0 amide bonds. The van der Waals surface area contributed by atoms with Gasteiger partial charge in [0.2, 0.25) is 0 Å². The first kappa shape index (κ1) is 25.9. The number of hydrogen-bond acceptors (Lipinski definition) is 6. The first-order valence-corrected chi connectivity index (χ1v) is 11.0. The molecular formula is C25H20F5N3O4. The van der Waals surface area contributed by atoms with Crippen LogP contribution in [0.25, 0.3) is 11.3 Å². The number of aryl methyl sites for hydroxylation is 1. The molecule has 0 unspecified atom stereocenters. The fourth-order valence-corrected chi connectivity index (χ4v) is 3.88. The molecule has 2 aromatic heterocycles. The zero-order valence-electron chi connectivity index (χ0n) is 19.5. The van der Waals surface area contributed by atoms with Crippen LogP contribution in [0, 0.1) is 18.6 Å². The Hall–Kier alpha value is -4.22. The number of benzene rings is 2. The monoisotopic (exact) mass is 521 g/mol. The molecule has 0 fully saturated rings. The third kappa shape index (κ3) is 5.47. The molecule has 0 atom stereocenters. The second-order valence-electron chi connectivity index (χ2n) is 8.17. The van der Waals surface area contributed by atoms with E-state index in [-0.39, 0.29) is 41.4 Å². The summed E-state index contributed by atoms with van der Waals surface area (Å²) in [7, 11) is 0. The summed E-state index contributed by atoms with van der Waals surface area (Å²) in [5.41, 5.74) is 0.147. The zero-order valence-corrected chi connectivity index (χ0v) is 19.5. The van der Waals surface area contributed by atoms with Gasteiger partial charge < -0.3 is 9.84 Å². The van der Waals surface area contributed by atoms with Crippen LogP contribution in [0.4, 0.5) is 22.0 Å². The van der Waals surface area contributed by atoms with Crippen LogP contribution in [0.2, 0.25) is 0 Å². The van der Waals surface area contributed by atoms with E-state index >= 15 is 4.39 Å². The molecular weight excluding hydrogens is 501 g/mol. The van der Waals surface area contributed by atoms with E-state index < -0.39 is 34.9 Å². The zero-order chi connectivity index (χ0) is 26.9. The number of hydrogen-bond donors (Lipinski definition) is 2. The average molecular weight is 521 g/mol. The number of ether oxygens (including phenoxy) is 1. The molecule has 0 aliphatic heterocycles. The van der Waals surface area contributed by atoms with Crippen LogP contribution in [0.5, 0.6) is 11.5 Å². The Morgan fingerprint density at radius 3 is 2.54 bits per heavy atom. The van der Waals surface area contributed by atoms with Crippen molar-refractivity contribution in [3.63, 3.8) is 0 Å². The van der Waals surface area contributed by atoms with E-state index in [9.17, 15) is 27.5 Å². The van der Waals surface area contributed by atoms with Crippen LogP contribution in [0.15, 0.2) is 45.7 Å². The van der Waals surface area contributed by atoms with Crippen molar-refractivity contribution in [3.05, 3.63) is 92.4 Å². The van der Waals surface area contributed by atoms with E-state index in [4.69, 9.17) is 4.74 Å². The van der Waals surface area contributed by atoms with Gasteiger partial charge in [0, 0.05) is 17.7 Å². The molecule has 4 aromatic rings. The van der Waals surface area contributed by atoms with Gasteiger partial charge in [-0.05, 0) is 66.4 Å². The van der Waals surface area contributed by atoms with Gasteiger partial charge >= 0.3 is 11.9 Å². The lowest BCUT2D eigenvalue weighted by Crippen LogP contribution is -2.08. The van der Waals surface area contributed by atoms with Gasteiger partial charge in [0.05, 0.1) is 5.56 Å². The van der Waals surface area contributed by atoms with Crippen molar-refractivity contribution in [1.82, 2.24) is 15.1 Å². The van der Waals surface area contributed by atoms with Crippen molar-refractivity contribution in [1.29, 1.82) is 0 Å². The predicted molar refractivity (Wildman–Crippen MR) is 121 cm³/mol. The maximum atomic E-state index is 15.1. The summed E-state index contributed by atoms with van der Waals surface area (Å²) in [6.45, 7) is 3.17. The van der Waals surface area contributed by atoms with Gasteiger partial charge in [0.25, 0.3) is 0 Å². The number of H-pyrrole nitrogens is 1. The Bertz CT molecular complexity index is 1510. The summed E-state index contributed by atoms with van der Waals surface area (Å²) >= 11 is 0. The number of alkyl halides is 3. The molecule has 0 aliphatic rings. The molecule has 194 valence electrons. The minimum Gasteiger partial charge on any atom is -0.506 e. The first-order valence-electron chi connectivity index (χ1n) is 11.0. The van der Waals surface area contributed by atoms with E-state index in [1.807, 2.05) is 6.92 Å². The molecule has 2 aromatic carbocycles. The molecule has 0 saturated carbocycles. The van der Waals surface area contributed by atoms with Crippen molar-refractivity contribution >= 4 is 0 Å². The summed E-state index contributed by atoms with van der Waals surface area (Å²) in [5, 5.41) is 13.7. The van der Waals surface area contributed by atoms with Gasteiger partial charge in [-0.3, -0.25) is 9.51 Å². The smallest absolute Gasteiger partial charge is 0.439 e. The highest BCUT2D eigenvalue weighted by Gasteiger charge is 2.34. The second kappa shape index (κ2) is 10.0. The molecule has 2 heterocycles. The number of rotatable bonds is 7. The summed E-state index contributed by atoms with van der Waals surface area (Å²) in [6.07, 6.45) is -4.33. The Labute approximate surface area is 206 Å². The Kier molecular flexibility index (Phi) is 7.01. The summed E-state index contributed by atoms with van der Waals surface area (Å²) in [5.74, 6) is -3.23. The van der Waals surface area contributed by atoms with Gasteiger partial charge in [0.1, 0.15) is 23.9 Å². The maximum absolute atomic E-state index is 15.1. The normalized spacial score (nSPS) is 11.6. The molecule has 7 nitrogen and oxygen atoms in total. The number of aromatic nitrogens is 3. The first-order chi connectivity index (χ1) is 17.5. The van der Waals surface area contributed by atoms with Gasteiger partial charge in [0.15, 0.2) is 17.4 Å².